The van der Waals surface area contributed by atoms with Gasteiger partial charge in [0, 0.05) is 24.1 Å². The SMILES string of the molecule is Clc1ccc2nc(NCC3CCOC3)sc2c1. The maximum absolute atomic E-state index is 5.95. The molecule has 3 nitrogen and oxygen atoms in total. The highest BCUT2D eigenvalue weighted by molar-refractivity contribution is 7.22. The maximum atomic E-state index is 5.95. The van der Waals surface area contributed by atoms with Crippen molar-refractivity contribution in [3.05, 3.63) is 23.2 Å². The van der Waals surface area contributed by atoms with Crippen molar-refractivity contribution in [2.75, 3.05) is 25.1 Å². The van der Waals surface area contributed by atoms with E-state index in [1.165, 1.54) is 0 Å². The smallest absolute Gasteiger partial charge is 0.183 e. The van der Waals surface area contributed by atoms with E-state index in [0.717, 1.165) is 46.6 Å². The number of hydrogen-bond donors (Lipinski definition) is 1. The predicted molar refractivity (Wildman–Crippen MR) is 72.0 cm³/mol. The summed E-state index contributed by atoms with van der Waals surface area (Å²) >= 11 is 7.60. The van der Waals surface area contributed by atoms with Gasteiger partial charge in [0.1, 0.15) is 0 Å². The van der Waals surface area contributed by atoms with E-state index in [1.54, 1.807) is 11.3 Å². The van der Waals surface area contributed by atoms with Crippen LogP contribution in [0, 0.1) is 5.92 Å². The van der Waals surface area contributed by atoms with Crippen LogP contribution >= 0.6 is 22.9 Å². The molecule has 17 heavy (non-hydrogen) atoms. The van der Waals surface area contributed by atoms with Crippen LogP contribution in [0.4, 0.5) is 5.13 Å². The Kier molecular flexibility index (Phi) is 3.18. The van der Waals surface area contributed by atoms with Gasteiger partial charge in [0.2, 0.25) is 0 Å². The number of anilines is 1. The first kappa shape index (κ1) is 11.3. The van der Waals surface area contributed by atoms with Gasteiger partial charge in [-0.3, -0.25) is 0 Å². The lowest BCUT2D eigenvalue weighted by Gasteiger charge is -2.07. The second-order valence-electron chi connectivity index (χ2n) is 4.24. The van der Waals surface area contributed by atoms with Crippen molar-refractivity contribution in [2.45, 2.75) is 6.42 Å². The molecule has 0 amide bonds. The Balaban J connectivity index is 1.72. The van der Waals surface area contributed by atoms with Crippen molar-refractivity contribution in [1.82, 2.24) is 4.98 Å². The van der Waals surface area contributed by atoms with Crippen LogP contribution in [-0.2, 0) is 4.74 Å². The number of aromatic nitrogens is 1. The first-order chi connectivity index (χ1) is 8.31. The lowest BCUT2D eigenvalue weighted by Crippen LogP contribution is -2.13. The Labute approximate surface area is 109 Å². The summed E-state index contributed by atoms with van der Waals surface area (Å²) in [7, 11) is 0. The van der Waals surface area contributed by atoms with E-state index in [-0.39, 0.29) is 0 Å². The molecule has 1 unspecified atom stereocenters. The topological polar surface area (TPSA) is 34.2 Å². The Morgan fingerprint density at radius 1 is 1.53 bits per heavy atom. The zero-order valence-electron chi connectivity index (χ0n) is 9.28. The fourth-order valence-electron chi connectivity index (χ4n) is 1.95. The molecule has 0 radical (unpaired) electrons. The normalized spacial score (nSPS) is 19.9. The lowest BCUT2D eigenvalue weighted by atomic mass is 10.1. The first-order valence-electron chi connectivity index (χ1n) is 5.69. The fraction of sp³-hybridized carbons (Fsp3) is 0.417. The molecule has 1 N–H and O–H groups in total. The molecule has 1 saturated heterocycles. The number of nitrogens with zero attached hydrogens (tertiary/aromatic N) is 1. The van der Waals surface area contributed by atoms with Gasteiger partial charge in [-0.25, -0.2) is 4.98 Å². The van der Waals surface area contributed by atoms with E-state index in [4.69, 9.17) is 16.3 Å². The van der Waals surface area contributed by atoms with Crippen molar-refractivity contribution >= 4 is 38.3 Å². The van der Waals surface area contributed by atoms with Gasteiger partial charge in [0.15, 0.2) is 5.13 Å². The van der Waals surface area contributed by atoms with E-state index < -0.39 is 0 Å². The van der Waals surface area contributed by atoms with E-state index in [9.17, 15) is 0 Å². The molecule has 1 aromatic heterocycles. The predicted octanol–water partition coefficient (Wildman–Crippen LogP) is 3.40. The number of halogens is 1. The average molecular weight is 269 g/mol. The Hall–Kier alpha value is -0.840. The second kappa shape index (κ2) is 4.80. The number of fused-ring (bicyclic) bond motifs is 1. The summed E-state index contributed by atoms with van der Waals surface area (Å²) in [5, 5.41) is 5.11. The van der Waals surface area contributed by atoms with Crippen LogP contribution in [0.15, 0.2) is 18.2 Å². The molecule has 90 valence electrons. The van der Waals surface area contributed by atoms with E-state index in [1.807, 2.05) is 18.2 Å². The van der Waals surface area contributed by atoms with Crippen molar-refractivity contribution < 1.29 is 4.74 Å². The van der Waals surface area contributed by atoms with Gasteiger partial charge in [-0.2, -0.15) is 0 Å². The number of benzene rings is 1. The molecule has 2 heterocycles. The van der Waals surface area contributed by atoms with E-state index in [2.05, 4.69) is 10.3 Å². The minimum atomic E-state index is 0.616. The minimum Gasteiger partial charge on any atom is -0.381 e. The fourth-order valence-corrected chi connectivity index (χ4v) is 3.10. The zero-order valence-corrected chi connectivity index (χ0v) is 10.9. The molecule has 0 bridgehead atoms. The molecule has 3 rings (SSSR count). The zero-order chi connectivity index (χ0) is 11.7. The first-order valence-corrected chi connectivity index (χ1v) is 6.88. The van der Waals surface area contributed by atoms with E-state index >= 15 is 0 Å². The van der Waals surface area contributed by atoms with Crippen LogP contribution in [0.1, 0.15) is 6.42 Å². The van der Waals surface area contributed by atoms with Crippen LogP contribution in [0.25, 0.3) is 10.2 Å². The second-order valence-corrected chi connectivity index (χ2v) is 5.71. The highest BCUT2D eigenvalue weighted by atomic mass is 35.5. The molecule has 1 fully saturated rings. The van der Waals surface area contributed by atoms with Gasteiger partial charge < -0.3 is 10.1 Å². The molecular formula is C12H13ClN2OS. The van der Waals surface area contributed by atoms with Gasteiger partial charge in [-0.05, 0) is 24.6 Å². The third-order valence-electron chi connectivity index (χ3n) is 2.92. The molecule has 1 aliphatic heterocycles. The summed E-state index contributed by atoms with van der Waals surface area (Å²) in [4.78, 5) is 4.52. The quantitative estimate of drug-likeness (QED) is 0.926. The summed E-state index contributed by atoms with van der Waals surface area (Å²) in [6.45, 7) is 2.69. The Morgan fingerprint density at radius 2 is 2.47 bits per heavy atom. The molecule has 1 aliphatic rings. The largest absolute Gasteiger partial charge is 0.381 e. The van der Waals surface area contributed by atoms with Crippen LogP contribution in [0.2, 0.25) is 5.02 Å². The third kappa shape index (κ3) is 2.54. The third-order valence-corrected chi connectivity index (χ3v) is 4.13. The number of hydrogen-bond acceptors (Lipinski definition) is 4. The molecule has 2 aromatic rings. The van der Waals surface area contributed by atoms with Crippen LogP contribution in [-0.4, -0.2) is 24.7 Å². The summed E-state index contributed by atoms with van der Waals surface area (Å²) < 4.78 is 6.47. The standard InChI is InChI=1S/C12H13ClN2OS/c13-9-1-2-10-11(5-9)17-12(15-10)14-6-8-3-4-16-7-8/h1-2,5,8H,3-4,6-7H2,(H,14,15). The van der Waals surface area contributed by atoms with E-state index in [0.29, 0.717) is 5.92 Å². The number of rotatable bonds is 3. The lowest BCUT2D eigenvalue weighted by molar-refractivity contribution is 0.187. The van der Waals surface area contributed by atoms with Crippen molar-refractivity contribution in [3.8, 4) is 0 Å². The molecule has 5 heteroatoms. The van der Waals surface area contributed by atoms with Gasteiger partial charge in [-0.15, -0.1) is 0 Å². The molecule has 1 aromatic carbocycles. The van der Waals surface area contributed by atoms with Gasteiger partial charge in [0.05, 0.1) is 16.8 Å². The maximum Gasteiger partial charge on any atom is 0.183 e. The van der Waals surface area contributed by atoms with Gasteiger partial charge in [0.25, 0.3) is 0 Å². The number of nitrogens with one attached hydrogen (secondary N) is 1. The molecule has 0 aliphatic carbocycles. The molecule has 0 saturated carbocycles. The Morgan fingerprint density at radius 3 is 3.29 bits per heavy atom. The molecular weight excluding hydrogens is 256 g/mol. The summed E-state index contributed by atoms with van der Waals surface area (Å²) in [6.07, 6.45) is 1.14. The number of ether oxygens (including phenoxy) is 1. The number of thiazole rings is 1. The average Bonchev–Trinajstić information content (AvgIpc) is 2.94. The van der Waals surface area contributed by atoms with Crippen LogP contribution < -0.4 is 5.32 Å². The molecule has 0 spiro atoms. The monoisotopic (exact) mass is 268 g/mol. The van der Waals surface area contributed by atoms with Crippen molar-refractivity contribution in [2.24, 2.45) is 5.92 Å². The highest BCUT2D eigenvalue weighted by Crippen LogP contribution is 2.28. The molecule has 1 atom stereocenters. The van der Waals surface area contributed by atoms with Crippen LogP contribution in [0.5, 0.6) is 0 Å². The Bertz CT molecular complexity index is 522. The van der Waals surface area contributed by atoms with Gasteiger partial charge >= 0.3 is 0 Å². The highest BCUT2D eigenvalue weighted by Gasteiger charge is 2.15. The summed E-state index contributed by atoms with van der Waals surface area (Å²) in [5.41, 5.74) is 1.00. The van der Waals surface area contributed by atoms with Crippen molar-refractivity contribution in [3.63, 3.8) is 0 Å². The van der Waals surface area contributed by atoms with Gasteiger partial charge in [-0.1, -0.05) is 22.9 Å². The minimum absolute atomic E-state index is 0.616. The summed E-state index contributed by atoms with van der Waals surface area (Å²) in [6, 6.07) is 5.79. The van der Waals surface area contributed by atoms with Crippen molar-refractivity contribution in [1.29, 1.82) is 0 Å². The summed E-state index contributed by atoms with van der Waals surface area (Å²) in [5.74, 6) is 0.616. The van der Waals surface area contributed by atoms with Crippen LogP contribution in [0.3, 0.4) is 0 Å².